The molecule has 1 heterocycles. The second kappa shape index (κ2) is 8.29. The summed E-state index contributed by atoms with van der Waals surface area (Å²) in [6.07, 6.45) is 0. The molecule has 3 aromatic carbocycles. The number of hydrogen-bond acceptors (Lipinski definition) is 6. The van der Waals surface area contributed by atoms with Gasteiger partial charge in [-0.25, -0.2) is 9.59 Å². The number of esters is 1. The molecule has 146 valence electrons. The van der Waals surface area contributed by atoms with Gasteiger partial charge in [-0.2, -0.15) is 0 Å². The molecule has 0 aliphatic carbocycles. The molecule has 0 amide bonds. The minimum absolute atomic E-state index is 0.290. The lowest BCUT2D eigenvalue weighted by molar-refractivity contribution is -0.136. The highest BCUT2D eigenvalue weighted by Crippen LogP contribution is 2.39. The Hall–Kier alpha value is -2.80. The molecular weight excluding hydrogens is 435 g/mol. The van der Waals surface area contributed by atoms with E-state index >= 15 is 0 Å². The van der Waals surface area contributed by atoms with Gasteiger partial charge in [0.2, 0.25) is 0 Å². The van der Waals surface area contributed by atoms with E-state index in [1.54, 1.807) is 60.7 Å². The molecule has 0 fully saturated rings. The van der Waals surface area contributed by atoms with Crippen LogP contribution in [0.25, 0.3) is 21.4 Å². The maximum Gasteiger partial charge on any atom is 0.396 e. The lowest BCUT2D eigenvalue weighted by Crippen LogP contribution is -2.18. The van der Waals surface area contributed by atoms with E-state index in [4.69, 9.17) is 37.1 Å². The van der Waals surface area contributed by atoms with Gasteiger partial charge in [0.15, 0.2) is 6.61 Å². The van der Waals surface area contributed by atoms with Crippen LogP contribution in [0.3, 0.4) is 0 Å². The van der Waals surface area contributed by atoms with Crippen molar-refractivity contribution in [1.82, 2.24) is 0 Å². The number of carbonyl (C=O) groups is 1. The zero-order chi connectivity index (χ0) is 20.4. The SMILES string of the molecule is O=C(COc1ccc(Cl)cc1)Oc1ccc2oc(=O)sc2c1-c1ccc(Cl)cc1. The molecule has 0 bridgehead atoms. The maximum absolute atomic E-state index is 12.4. The van der Waals surface area contributed by atoms with Gasteiger partial charge in [-0.3, -0.25) is 0 Å². The van der Waals surface area contributed by atoms with Crippen molar-refractivity contribution in [3.8, 4) is 22.6 Å². The van der Waals surface area contributed by atoms with Crippen LogP contribution in [0.2, 0.25) is 10.0 Å². The minimum atomic E-state index is -0.592. The van der Waals surface area contributed by atoms with Gasteiger partial charge in [-0.15, -0.1) is 0 Å². The fourth-order valence-corrected chi connectivity index (χ4v) is 3.80. The third-order valence-electron chi connectivity index (χ3n) is 3.99. The van der Waals surface area contributed by atoms with Crippen molar-refractivity contribution in [2.75, 3.05) is 6.61 Å². The number of rotatable bonds is 5. The summed E-state index contributed by atoms with van der Waals surface area (Å²) in [6, 6.07) is 16.8. The Morgan fingerprint density at radius 3 is 2.28 bits per heavy atom. The fourth-order valence-electron chi connectivity index (χ4n) is 2.72. The van der Waals surface area contributed by atoms with E-state index in [1.165, 1.54) is 0 Å². The highest BCUT2D eigenvalue weighted by molar-refractivity contribution is 7.16. The zero-order valence-corrected chi connectivity index (χ0v) is 17.0. The smallest absolute Gasteiger partial charge is 0.396 e. The number of carbonyl (C=O) groups excluding carboxylic acids is 1. The minimum Gasteiger partial charge on any atom is -0.482 e. The zero-order valence-electron chi connectivity index (χ0n) is 14.7. The van der Waals surface area contributed by atoms with E-state index < -0.39 is 10.9 Å². The van der Waals surface area contributed by atoms with Crippen LogP contribution < -0.4 is 14.4 Å². The molecule has 0 spiro atoms. The molecule has 4 rings (SSSR count). The number of fused-ring (bicyclic) bond motifs is 1. The first kappa shape index (κ1) is 19.5. The second-order valence-electron chi connectivity index (χ2n) is 5.94. The number of ether oxygens (including phenoxy) is 2. The highest BCUT2D eigenvalue weighted by atomic mass is 35.5. The predicted molar refractivity (Wildman–Crippen MR) is 113 cm³/mol. The standard InChI is InChI=1S/C21H12Cl2O5S/c22-13-3-1-12(2-4-13)19-16(9-10-17-20(19)29-21(25)28-17)27-18(24)11-26-15-7-5-14(23)6-8-15/h1-10H,11H2. The molecule has 0 N–H and O–H groups in total. The first-order chi connectivity index (χ1) is 14.0. The first-order valence-corrected chi connectivity index (χ1v) is 9.98. The largest absolute Gasteiger partial charge is 0.482 e. The summed E-state index contributed by atoms with van der Waals surface area (Å²) < 4.78 is 16.7. The summed E-state index contributed by atoms with van der Waals surface area (Å²) in [4.78, 5) is 23.7. The second-order valence-corrected chi connectivity index (χ2v) is 7.76. The Bertz CT molecular complexity index is 1230. The Morgan fingerprint density at radius 1 is 0.931 bits per heavy atom. The van der Waals surface area contributed by atoms with Crippen molar-refractivity contribution in [1.29, 1.82) is 0 Å². The van der Waals surface area contributed by atoms with Crippen molar-refractivity contribution in [3.63, 3.8) is 0 Å². The van der Waals surface area contributed by atoms with Crippen LogP contribution in [-0.4, -0.2) is 12.6 Å². The summed E-state index contributed by atoms with van der Waals surface area (Å²) >= 11 is 12.8. The van der Waals surface area contributed by atoms with Gasteiger partial charge in [0.1, 0.15) is 17.1 Å². The first-order valence-electron chi connectivity index (χ1n) is 8.41. The Morgan fingerprint density at radius 2 is 1.59 bits per heavy atom. The molecule has 1 aromatic heterocycles. The Labute approximate surface area is 179 Å². The molecule has 0 aliphatic rings. The summed E-state index contributed by atoms with van der Waals surface area (Å²) in [6.45, 7) is -0.290. The molecule has 0 atom stereocenters. The van der Waals surface area contributed by atoms with Crippen LogP contribution in [0.15, 0.2) is 69.9 Å². The fraction of sp³-hybridized carbons (Fsp3) is 0.0476. The topological polar surface area (TPSA) is 65.7 Å². The summed E-state index contributed by atoms with van der Waals surface area (Å²) in [7, 11) is 0. The predicted octanol–water partition coefficient (Wildman–Crippen LogP) is 5.81. The van der Waals surface area contributed by atoms with Crippen LogP contribution in [0.4, 0.5) is 0 Å². The van der Waals surface area contributed by atoms with E-state index in [9.17, 15) is 9.59 Å². The van der Waals surface area contributed by atoms with Gasteiger partial charge >= 0.3 is 10.9 Å². The van der Waals surface area contributed by atoms with Crippen LogP contribution in [0.1, 0.15) is 0 Å². The molecule has 5 nitrogen and oxygen atoms in total. The average molecular weight is 447 g/mol. The van der Waals surface area contributed by atoms with Gasteiger partial charge in [-0.1, -0.05) is 46.7 Å². The van der Waals surface area contributed by atoms with Crippen molar-refractivity contribution in [2.24, 2.45) is 0 Å². The summed E-state index contributed by atoms with van der Waals surface area (Å²) in [5, 5.41) is 1.14. The lowest BCUT2D eigenvalue weighted by Gasteiger charge is -2.12. The third-order valence-corrected chi connectivity index (χ3v) is 5.35. The summed E-state index contributed by atoms with van der Waals surface area (Å²) in [5.74, 6) is 0.194. The van der Waals surface area contributed by atoms with Gasteiger partial charge in [0, 0.05) is 15.6 Å². The lowest BCUT2D eigenvalue weighted by atomic mass is 10.0. The van der Waals surface area contributed by atoms with Crippen molar-refractivity contribution in [2.45, 2.75) is 0 Å². The molecular formula is C21H12Cl2O5S. The van der Waals surface area contributed by atoms with Crippen LogP contribution in [0, 0.1) is 0 Å². The van der Waals surface area contributed by atoms with Crippen LogP contribution in [0.5, 0.6) is 11.5 Å². The number of halogens is 2. The van der Waals surface area contributed by atoms with Crippen molar-refractivity contribution in [3.05, 3.63) is 80.4 Å². The van der Waals surface area contributed by atoms with Gasteiger partial charge in [-0.05, 0) is 54.1 Å². The third kappa shape index (κ3) is 4.45. The van der Waals surface area contributed by atoms with Gasteiger partial charge in [0.05, 0.1) is 4.70 Å². The molecule has 0 radical (unpaired) electrons. The molecule has 0 saturated heterocycles. The number of hydrogen-bond donors (Lipinski definition) is 0. The van der Waals surface area contributed by atoms with E-state index in [1.807, 2.05) is 0 Å². The van der Waals surface area contributed by atoms with Gasteiger partial charge < -0.3 is 13.9 Å². The number of benzene rings is 3. The molecule has 0 saturated carbocycles. The molecule has 29 heavy (non-hydrogen) atoms. The van der Waals surface area contributed by atoms with E-state index in [0.29, 0.717) is 37.4 Å². The Balaban J connectivity index is 1.63. The normalized spacial score (nSPS) is 10.8. The molecule has 4 aromatic rings. The Kier molecular flexibility index (Phi) is 5.58. The molecule has 0 unspecified atom stereocenters. The monoisotopic (exact) mass is 446 g/mol. The van der Waals surface area contributed by atoms with Crippen molar-refractivity contribution < 1.29 is 18.7 Å². The van der Waals surface area contributed by atoms with E-state index in [2.05, 4.69) is 0 Å². The highest BCUT2D eigenvalue weighted by Gasteiger charge is 2.18. The van der Waals surface area contributed by atoms with Crippen LogP contribution >= 0.6 is 34.5 Å². The van der Waals surface area contributed by atoms with E-state index in [-0.39, 0.29) is 6.61 Å². The molecule has 0 aliphatic heterocycles. The van der Waals surface area contributed by atoms with Gasteiger partial charge in [0.25, 0.3) is 0 Å². The maximum atomic E-state index is 12.4. The summed E-state index contributed by atoms with van der Waals surface area (Å²) in [5.41, 5.74) is 1.73. The van der Waals surface area contributed by atoms with E-state index in [0.717, 1.165) is 16.9 Å². The quantitative estimate of drug-likeness (QED) is 0.285. The molecule has 8 heteroatoms. The van der Waals surface area contributed by atoms with Crippen molar-refractivity contribution >= 4 is 50.8 Å². The van der Waals surface area contributed by atoms with Crippen LogP contribution in [-0.2, 0) is 4.79 Å². The average Bonchev–Trinajstić information content (AvgIpc) is 3.08.